The van der Waals surface area contributed by atoms with Gasteiger partial charge in [0, 0.05) is 19.8 Å². The highest BCUT2D eigenvalue weighted by Gasteiger charge is 2.38. The minimum absolute atomic E-state index is 0.435. The molecule has 0 spiro atoms. The predicted molar refractivity (Wildman–Crippen MR) is 49.3 cm³/mol. The van der Waals surface area contributed by atoms with Gasteiger partial charge in [-0.3, -0.25) is 0 Å². The Morgan fingerprint density at radius 3 is 1.46 bits per heavy atom. The van der Waals surface area contributed by atoms with Gasteiger partial charge in [0.15, 0.2) is 0 Å². The number of rotatable bonds is 7. The van der Waals surface area contributed by atoms with Crippen molar-refractivity contribution in [1.29, 1.82) is 0 Å². The summed E-state index contributed by atoms with van der Waals surface area (Å²) in [6, 6.07) is 0. The van der Waals surface area contributed by atoms with E-state index in [1.807, 2.05) is 20.8 Å². The number of aliphatic hydroxyl groups excluding tert-OH is 1. The molecule has 4 nitrogen and oxygen atoms in total. The van der Waals surface area contributed by atoms with Gasteiger partial charge in [-0.15, -0.1) is 0 Å². The molecule has 0 aromatic rings. The topological polar surface area (TPSA) is 47.9 Å². The molecular weight excluding hydrogens is 172 g/mol. The molecule has 80 valence electrons. The van der Waals surface area contributed by atoms with Crippen LogP contribution in [0.3, 0.4) is 0 Å². The largest absolute Gasteiger partial charge is 0.385 e. The maximum absolute atomic E-state index is 9.48. The summed E-state index contributed by atoms with van der Waals surface area (Å²) >= 11 is 0. The molecule has 0 heterocycles. The van der Waals surface area contributed by atoms with E-state index in [4.69, 9.17) is 14.2 Å². The first-order valence-electron chi connectivity index (χ1n) is 4.72. The van der Waals surface area contributed by atoms with E-state index in [1.165, 1.54) is 0 Å². The van der Waals surface area contributed by atoms with Crippen molar-refractivity contribution in [1.82, 2.24) is 0 Å². The normalized spacial score (nSPS) is 14.5. The highest BCUT2D eigenvalue weighted by molar-refractivity contribution is 4.64. The molecule has 1 unspecified atom stereocenters. The molecule has 0 fully saturated rings. The number of hydrogen-bond donors (Lipinski definition) is 1. The second kappa shape index (κ2) is 6.32. The van der Waals surface area contributed by atoms with Gasteiger partial charge in [0.05, 0.1) is 0 Å². The lowest BCUT2D eigenvalue weighted by Gasteiger charge is -2.34. The van der Waals surface area contributed by atoms with Crippen LogP contribution in [0.25, 0.3) is 0 Å². The Kier molecular flexibility index (Phi) is 6.24. The average molecular weight is 192 g/mol. The number of hydrogen-bond acceptors (Lipinski definition) is 4. The van der Waals surface area contributed by atoms with E-state index in [0.29, 0.717) is 19.8 Å². The van der Waals surface area contributed by atoms with E-state index in [0.717, 1.165) is 0 Å². The standard InChI is InChI=1S/C9H20O4/c1-5-11-9(8(4)10,12-6-2)13-7-3/h8,10H,5-7H2,1-4H3. The van der Waals surface area contributed by atoms with E-state index in [-0.39, 0.29) is 0 Å². The lowest BCUT2D eigenvalue weighted by Crippen LogP contribution is -2.48. The van der Waals surface area contributed by atoms with Gasteiger partial charge in [-0.2, -0.15) is 0 Å². The van der Waals surface area contributed by atoms with Crippen molar-refractivity contribution in [2.75, 3.05) is 19.8 Å². The van der Waals surface area contributed by atoms with Crippen LogP contribution in [0.5, 0.6) is 0 Å². The van der Waals surface area contributed by atoms with E-state index >= 15 is 0 Å². The first kappa shape index (κ1) is 12.8. The fourth-order valence-corrected chi connectivity index (χ4v) is 1.09. The monoisotopic (exact) mass is 192 g/mol. The molecule has 0 aromatic heterocycles. The van der Waals surface area contributed by atoms with Gasteiger partial charge < -0.3 is 19.3 Å². The van der Waals surface area contributed by atoms with E-state index in [2.05, 4.69) is 0 Å². The maximum Gasteiger partial charge on any atom is 0.310 e. The van der Waals surface area contributed by atoms with Gasteiger partial charge in [-0.1, -0.05) is 0 Å². The first-order chi connectivity index (χ1) is 6.13. The summed E-state index contributed by atoms with van der Waals surface area (Å²) in [5, 5.41) is 9.48. The SMILES string of the molecule is CCOC(OCC)(OCC)C(C)O. The Bertz CT molecular complexity index is 108. The number of aliphatic hydroxyl groups is 1. The van der Waals surface area contributed by atoms with Gasteiger partial charge in [0.2, 0.25) is 0 Å². The summed E-state index contributed by atoms with van der Waals surface area (Å²) in [5.74, 6) is -1.29. The summed E-state index contributed by atoms with van der Waals surface area (Å²) in [5.41, 5.74) is 0. The Balaban J connectivity index is 4.38. The molecule has 4 heteroatoms. The zero-order valence-electron chi connectivity index (χ0n) is 8.87. The predicted octanol–water partition coefficient (Wildman–Crippen LogP) is 1.13. The van der Waals surface area contributed by atoms with Gasteiger partial charge >= 0.3 is 5.97 Å². The summed E-state index contributed by atoms with van der Waals surface area (Å²) in [4.78, 5) is 0. The summed E-state index contributed by atoms with van der Waals surface area (Å²) in [7, 11) is 0. The molecular formula is C9H20O4. The molecule has 0 radical (unpaired) electrons. The fraction of sp³-hybridized carbons (Fsp3) is 1.00. The molecule has 0 saturated heterocycles. The lowest BCUT2D eigenvalue weighted by atomic mass is 10.3. The Morgan fingerprint density at radius 2 is 1.31 bits per heavy atom. The molecule has 0 amide bonds. The molecule has 0 bridgehead atoms. The van der Waals surface area contributed by atoms with Crippen LogP contribution in [0.15, 0.2) is 0 Å². The second-order valence-corrected chi connectivity index (χ2v) is 2.58. The third kappa shape index (κ3) is 3.60. The molecule has 1 N–H and O–H groups in total. The quantitative estimate of drug-likeness (QED) is 0.614. The number of ether oxygens (including phenoxy) is 3. The van der Waals surface area contributed by atoms with Crippen LogP contribution >= 0.6 is 0 Å². The van der Waals surface area contributed by atoms with Crippen molar-refractivity contribution in [2.24, 2.45) is 0 Å². The maximum atomic E-state index is 9.48. The van der Waals surface area contributed by atoms with Crippen LogP contribution in [-0.2, 0) is 14.2 Å². The summed E-state index contributed by atoms with van der Waals surface area (Å²) < 4.78 is 15.8. The third-order valence-electron chi connectivity index (χ3n) is 1.55. The Morgan fingerprint density at radius 1 is 1.00 bits per heavy atom. The third-order valence-corrected chi connectivity index (χ3v) is 1.55. The molecule has 1 atom stereocenters. The van der Waals surface area contributed by atoms with Crippen molar-refractivity contribution in [3.63, 3.8) is 0 Å². The van der Waals surface area contributed by atoms with Gasteiger partial charge in [-0.25, -0.2) is 0 Å². The van der Waals surface area contributed by atoms with Crippen LogP contribution < -0.4 is 0 Å². The Labute approximate surface area is 79.8 Å². The van der Waals surface area contributed by atoms with Crippen molar-refractivity contribution >= 4 is 0 Å². The van der Waals surface area contributed by atoms with Gasteiger partial charge in [-0.05, 0) is 27.7 Å². The zero-order chi connectivity index (χ0) is 10.3. The molecule has 0 aliphatic heterocycles. The van der Waals surface area contributed by atoms with Crippen molar-refractivity contribution in [3.8, 4) is 0 Å². The molecule has 0 aliphatic rings. The highest BCUT2D eigenvalue weighted by atomic mass is 16.9. The fourth-order valence-electron chi connectivity index (χ4n) is 1.09. The molecule has 0 aliphatic carbocycles. The molecule has 0 aromatic carbocycles. The molecule has 0 saturated carbocycles. The summed E-state index contributed by atoms with van der Waals surface area (Å²) in [6.45, 7) is 8.38. The van der Waals surface area contributed by atoms with Crippen LogP contribution in [0.1, 0.15) is 27.7 Å². The van der Waals surface area contributed by atoms with Crippen molar-refractivity contribution in [2.45, 2.75) is 39.8 Å². The minimum atomic E-state index is -1.29. The van der Waals surface area contributed by atoms with Gasteiger partial charge in [0.1, 0.15) is 6.10 Å². The molecule has 13 heavy (non-hydrogen) atoms. The van der Waals surface area contributed by atoms with E-state index < -0.39 is 12.1 Å². The minimum Gasteiger partial charge on any atom is -0.385 e. The van der Waals surface area contributed by atoms with Crippen LogP contribution in [0.4, 0.5) is 0 Å². The van der Waals surface area contributed by atoms with Crippen LogP contribution in [0.2, 0.25) is 0 Å². The average Bonchev–Trinajstić information content (AvgIpc) is 2.05. The van der Waals surface area contributed by atoms with Crippen LogP contribution in [-0.4, -0.2) is 37.0 Å². The lowest BCUT2D eigenvalue weighted by molar-refractivity contribution is -0.407. The van der Waals surface area contributed by atoms with Crippen molar-refractivity contribution < 1.29 is 19.3 Å². The van der Waals surface area contributed by atoms with E-state index in [9.17, 15) is 5.11 Å². The Hall–Kier alpha value is -0.160. The smallest absolute Gasteiger partial charge is 0.310 e. The zero-order valence-corrected chi connectivity index (χ0v) is 8.87. The van der Waals surface area contributed by atoms with Crippen LogP contribution in [0, 0.1) is 0 Å². The van der Waals surface area contributed by atoms with Crippen molar-refractivity contribution in [3.05, 3.63) is 0 Å². The second-order valence-electron chi connectivity index (χ2n) is 2.58. The highest BCUT2D eigenvalue weighted by Crippen LogP contribution is 2.20. The first-order valence-corrected chi connectivity index (χ1v) is 4.72. The molecule has 0 rings (SSSR count). The van der Waals surface area contributed by atoms with E-state index in [1.54, 1.807) is 6.92 Å². The van der Waals surface area contributed by atoms with Gasteiger partial charge in [0.25, 0.3) is 0 Å². The summed E-state index contributed by atoms with van der Waals surface area (Å²) in [6.07, 6.45) is -0.813.